The van der Waals surface area contributed by atoms with Crippen molar-refractivity contribution in [3.63, 3.8) is 0 Å². The quantitative estimate of drug-likeness (QED) is 0.715. The number of nitrogens with two attached hydrogens (primary N) is 1. The third-order valence-electron chi connectivity index (χ3n) is 5.47. The molecule has 148 valence electrons. The van der Waals surface area contributed by atoms with Gasteiger partial charge < -0.3 is 16.2 Å². The van der Waals surface area contributed by atoms with Gasteiger partial charge in [-0.2, -0.15) is 0 Å². The third kappa shape index (κ3) is 4.57. The van der Waals surface area contributed by atoms with Crippen LogP contribution in [0.5, 0.6) is 0 Å². The Morgan fingerprint density at radius 1 is 1.07 bits per heavy atom. The molecule has 3 rings (SSSR count). The molecule has 1 saturated carbocycles. The number of nitrogens with one attached hydrogen (secondary N) is 1. The van der Waals surface area contributed by atoms with Gasteiger partial charge in [-0.1, -0.05) is 49.2 Å². The summed E-state index contributed by atoms with van der Waals surface area (Å²) in [6.45, 7) is -0.0210. The van der Waals surface area contributed by atoms with Crippen LogP contribution in [-0.2, 0) is 16.2 Å². The predicted molar refractivity (Wildman–Crippen MR) is 104 cm³/mol. The largest absolute Gasteiger partial charge is 0.392 e. The number of hydrogen-bond donors (Lipinski definition) is 3. The smallest absolute Gasteiger partial charge is 0.244 e. The Bertz CT molecular complexity index is 821. The minimum absolute atomic E-state index is 0.0210. The van der Waals surface area contributed by atoms with Gasteiger partial charge in [0.2, 0.25) is 11.8 Å². The number of rotatable bonds is 6. The van der Waals surface area contributed by atoms with Gasteiger partial charge in [-0.05, 0) is 47.6 Å². The summed E-state index contributed by atoms with van der Waals surface area (Å²) in [4.78, 5) is 24.9. The van der Waals surface area contributed by atoms with Crippen molar-refractivity contribution in [3.05, 3.63) is 71.0 Å². The van der Waals surface area contributed by atoms with Crippen LogP contribution >= 0.6 is 0 Å². The molecule has 2 amide bonds. The van der Waals surface area contributed by atoms with Crippen LogP contribution in [0, 0.1) is 11.7 Å². The van der Waals surface area contributed by atoms with Gasteiger partial charge in [0.05, 0.1) is 6.61 Å². The average Bonchev–Trinajstić information content (AvgIpc) is 2.72. The van der Waals surface area contributed by atoms with Crippen molar-refractivity contribution in [2.24, 2.45) is 11.7 Å². The van der Waals surface area contributed by atoms with E-state index in [4.69, 9.17) is 5.73 Å². The first kappa shape index (κ1) is 20.0. The molecule has 0 aliphatic heterocycles. The highest BCUT2D eigenvalue weighted by Crippen LogP contribution is 2.38. The number of carbonyl (C=O) groups is 2. The number of benzene rings is 2. The summed E-state index contributed by atoms with van der Waals surface area (Å²) in [5.74, 6) is -1.54. The Labute approximate surface area is 163 Å². The van der Waals surface area contributed by atoms with Crippen LogP contribution in [0.2, 0.25) is 0 Å². The van der Waals surface area contributed by atoms with Gasteiger partial charge in [-0.25, -0.2) is 4.39 Å². The van der Waals surface area contributed by atoms with Crippen molar-refractivity contribution in [2.45, 2.75) is 44.2 Å². The van der Waals surface area contributed by atoms with Crippen molar-refractivity contribution in [1.29, 1.82) is 0 Å². The van der Waals surface area contributed by atoms with Crippen LogP contribution in [0.25, 0.3) is 0 Å². The molecule has 1 aliphatic carbocycles. The van der Waals surface area contributed by atoms with Crippen LogP contribution in [0.3, 0.4) is 0 Å². The highest BCUT2D eigenvalue weighted by atomic mass is 19.1. The molecule has 6 heteroatoms. The second-order valence-corrected chi connectivity index (χ2v) is 7.29. The number of primary amides is 1. The van der Waals surface area contributed by atoms with Gasteiger partial charge >= 0.3 is 0 Å². The molecule has 28 heavy (non-hydrogen) atoms. The second-order valence-electron chi connectivity index (χ2n) is 7.29. The maximum absolute atomic E-state index is 13.2. The van der Waals surface area contributed by atoms with E-state index in [1.165, 1.54) is 24.3 Å². The zero-order valence-electron chi connectivity index (χ0n) is 15.6. The summed E-state index contributed by atoms with van der Waals surface area (Å²) in [6.07, 6.45) is 3.59. The van der Waals surface area contributed by atoms with Crippen LogP contribution in [-0.4, -0.2) is 16.9 Å². The number of aliphatic hydroxyl groups excluding tert-OH is 1. The van der Waals surface area contributed by atoms with E-state index < -0.39 is 17.8 Å². The SMILES string of the molecule is NC(=O)[C@@H](NC(=O)[C@@H]1CCCCC1c1ccc(CO)cc1)c1ccc(F)cc1. The van der Waals surface area contributed by atoms with Crippen LogP contribution < -0.4 is 11.1 Å². The number of amides is 2. The Morgan fingerprint density at radius 2 is 1.71 bits per heavy atom. The standard InChI is InChI=1S/C22H25FN2O3/c23-17-11-9-16(10-12-17)20(21(24)27)25-22(28)19-4-2-1-3-18(19)15-7-5-14(13-26)6-8-15/h5-12,18-20,26H,1-4,13H2,(H2,24,27)(H,25,28)/t18?,19-,20+/m1/s1. The topological polar surface area (TPSA) is 92.4 Å². The van der Waals surface area contributed by atoms with E-state index in [0.29, 0.717) is 5.56 Å². The summed E-state index contributed by atoms with van der Waals surface area (Å²) in [6, 6.07) is 12.0. The normalized spacial score (nSPS) is 20.4. The van der Waals surface area contributed by atoms with Crippen molar-refractivity contribution >= 4 is 11.8 Å². The first-order chi connectivity index (χ1) is 13.5. The number of halogens is 1. The average molecular weight is 384 g/mol. The van der Waals surface area contributed by atoms with Crippen molar-refractivity contribution in [3.8, 4) is 0 Å². The lowest BCUT2D eigenvalue weighted by Gasteiger charge is -2.32. The molecule has 0 radical (unpaired) electrons. The van der Waals surface area contributed by atoms with Gasteiger partial charge in [0, 0.05) is 5.92 Å². The van der Waals surface area contributed by atoms with Crippen molar-refractivity contribution in [2.75, 3.05) is 0 Å². The number of carbonyl (C=O) groups excluding carboxylic acids is 2. The summed E-state index contributed by atoms with van der Waals surface area (Å²) in [5, 5.41) is 12.0. The summed E-state index contributed by atoms with van der Waals surface area (Å²) < 4.78 is 13.2. The van der Waals surface area contributed by atoms with E-state index in [9.17, 15) is 19.1 Å². The van der Waals surface area contributed by atoms with E-state index in [1.807, 2.05) is 24.3 Å². The molecule has 2 aromatic carbocycles. The molecule has 0 saturated heterocycles. The molecule has 4 N–H and O–H groups in total. The number of aliphatic hydroxyl groups is 1. The molecule has 3 atom stereocenters. The van der Waals surface area contributed by atoms with Crippen LogP contribution in [0.15, 0.2) is 48.5 Å². The molecule has 2 aromatic rings. The zero-order valence-corrected chi connectivity index (χ0v) is 15.6. The fourth-order valence-corrected chi connectivity index (χ4v) is 3.94. The van der Waals surface area contributed by atoms with Gasteiger partial charge in [0.15, 0.2) is 0 Å². The Kier molecular flexibility index (Phi) is 6.41. The molecule has 1 unspecified atom stereocenters. The highest BCUT2D eigenvalue weighted by molar-refractivity contribution is 5.89. The van der Waals surface area contributed by atoms with E-state index in [1.54, 1.807) is 0 Å². The van der Waals surface area contributed by atoms with Gasteiger partial charge in [0.1, 0.15) is 11.9 Å². The Morgan fingerprint density at radius 3 is 2.32 bits per heavy atom. The maximum Gasteiger partial charge on any atom is 0.244 e. The van der Waals surface area contributed by atoms with E-state index in [-0.39, 0.29) is 24.3 Å². The fraction of sp³-hybridized carbons (Fsp3) is 0.364. The molecule has 1 fully saturated rings. The van der Waals surface area contributed by atoms with E-state index in [0.717, 1.165) is 36.8 Å². The van der Waals surface area contributed by atoms with Crippen LogP contribution in [0.4, 0.5) is 4.39 Å². The predicted octanol–water partition coefficient (Wildman–Crippen LogP) is 2.93. The Balaban J connectivity index is 1.79. The molecular weight excluding hydrogens is 359 g/mol. The molecule has 5 nitrogen and oxygen atoms in total. The molecule has 1 aliphatic rings. The lowest BCUT2D eigenvalue weighted by molar-refractivity contribution is -0.131. The second kappa shape index (κ2) is 8.97. The first-order valence-electron chi connectivity index (χ1n) is 9.54. The van der Waals surface area contributed by atoms with Gasteiger partial charge in [-0.15, -0.1) is 0 Å². The molecular formula is C22H25FN2O3. The molecule has 0 heterocycles. The summed E-state index contributed by atoms with van der Waals surface area (Å²) >= 11 is 0. The summed E-state index contributed by atoms with van der Waals surface area (Å²) in [5.41, 5.74) is 7.83. The van der Waals surface area contributed by atoms with Gasteiger partial charge in [-0.3, -0.25) is 9.59 Å². The molecule has 0 spiro atoms. The zero-order chi connectivity index (χ0) is 20.1. The van der Waals surface area contributed by atoms with Crippen molar-refractivity contribution in [1.82, 2.24) is 5.32 Å². The van der Waals surface area contributed by atoms with Crippen molar-refractivity contribution < 1.29 is 19.1 Å². The third-order valence-corrected chi connectivity index (χ3v) is 5.47. The number of hydrogen-bond acceptors (Lipinski definition) is 3. The minimum atomic E-state index is -0.993. The highest BCUT2D eigenvalue weighted by Gasteiger charge is 2.34. The maximum atomic E-state index is 13.2. The lowest BCUT2D eigenvalue weighted by Crippen LogP contribution is -2.42. The summed E-state index contributed by atoms with van der Waals surface area (Å²) in [7, 11) is 0. The monoisotopic (exact) mass is 384 g/mol. The minimum Gasteiger partial charge on any atom is -0.392 e. The molecule has 0 bridgehead atoms. The molecule has 0 aromatic heterocycles. The van der Waals surface area contributed by atoms with Gasteiger partial charge in [0.25, 0.3) is 0 Å². The Hall–Kier alpha value is -2.73. The fourth-order valence-electron chi connectivity index (χ4n) is 3.94. The van der Waals surface area contributed by atoms with Crippen LogP contribution in [0.1, 0.15) is 54.3 Å². The van der Waals surface area contributed by atoms with E-state index in [2.05, 4.69) is 5.32 Å². The van der Waals surface area contributed by atoms with E-state index >= 15 is 0 Å². The lowest BCUT2D eigenvalue weighted by atomic mass is 9.74. The first-order valence-corrected chi connectivity index (χ1v) is 9.54.